The summed E-state index contributed by atoms with van der Waals surface area (Å²) in [5.74, 6) is -0.305. The Hall–Kier alpha value is -2.08. The molecular weight excluding hydrogens is 330 g/mol. The van der Waals surface area contributed by atoms with E-state index in [-0.39, 0.29) is 18.2 Å². The molecule has 0 bridgehead atoms. The first kappa shape index (κ1) is 18.7. The second-order valence-corrected chi connectivity index (χ2v) is 7.42. The number of anilines is 1. The minimum atomic E-state index is -0.474. The van der Waals surface area contributed by atoms with E-state index >= 15 is 0 Å². The average molecular weight is 359 g/mol. The first-order valence-electron chi connectivity index (χ1n) is 9.51. The molecule has 142 valence electrons. The van der Waals surface area contributed by atoms with Crippen LogP contribution < -0.4 is 10.6 Å². The van der Waals surface area contributed by atoms with Crippen molar-refractivity contribution in [2.75, 3.05) is 38.2 Å². The van der Waals surface area contributed by atoms with Crippen molar-refractivity contribution in [1.29, 1.82) is 0 Å². The Bertz CT molecular complexity index is 640. The van der Waals surface area contributed by atoms with E-state index in [1.54, 1.807) is 7.11 Å². The van der Waals surface area contributed by atoms with E-state index in [1.165, 1.54) is 18.5 Å². The molecule has 0 saturated carbocycles. The third-order valence-corrected chi connectivity index (χ3v) is 5.67. The lowest BCUT2D eigenvalue weighted by Crippen LogP contribution is -2.51. The molecule has 0 spiro atoms. The number of rotatable bonds is 6. The zero-order valence-corrected chi connectivity index (χ0v) is 15.6. The van der Waals surface area contributed by atoms with E-state index in [2.05, 4.69) is 4.90 Å². The number of nitrogens with zero attached hydrogens (tertiary/aromatic N) is 2. The van der Waals surface area contributed by atoms with E-state index < -0.39 is 5.60 Å². The third kappa shape index (κ3) is 4.18. The maximum Gasteiger partial charge on any atom is 0.253 e. The summed E-state index contributed by atoms with van der Waals surface area (Å²) >= 11 is 0. The van der Waals surface area contributed by atoms with Crippen LogP contribution in [0.4, 0.5) is 5.69 Å². The van der Waals surface area contributed by atoms with Crippen molar-refractivity contribution in [2.24, 2.45) is 5.73 Å². The summed E-state index contributed by atoms with van der Waals surface area (Å²) in [7, 11) is 1.65. The molecule has 2 heterocycles. The molecule has 6 heteroatoms. The fourth-order valence-corrected chi connectivity index (χ4v) is 4.07. The van der Waals surface area contributed by atoms with Crippen LogP contribution >= 0.6 is 0 Å². The summed E-state index contributed by atoms with van der Waals surface area (Å²) in [6.45, 7) is 3.41. The Kier molecular flexibility index (Phi) is 5.81. The van der Waals surface area contributed by atoms with Crippen LogP contribution in [-0.2, 0) is 9.53 Å². The second kappa shape index (κ2) is 8.08. The summed E-state index contributed by atoms with van der Waals surface area (Å²) in [6, 6.07) is 7.92. The highest BCUT2D eigenvalue weighted by Crippen LogP contribution is 2.30. The van der Waals surface area contributed by atoms with Crippen molar-refractivity contribution in [3.63, 3.8) is 0 Å². The molecule has 2 aliphatic rings. The molecule has 2 fully saturated rings. The van der Waals surface area contributed by atoms with Crippen LogP contribution in [0.25, 0.3) is 0 Å². The zero-order chi connectivity index (χ0) is 18.6. The van der Waals surface area contributed by atoms with Crippen molar-refractivity contribution in [1.82, 2.24) is 4.90 Å². The smallest absolute Gasteiger partial charge is 0.253 e. The molecule has 2 N–H and O–H groups in total. The standard InChI is InChI=1S/C20H29N3O3/c1-26-20(11-9-18(21)24)10-4-14-23(15-20)19(25)16-5-7-17(8-6-16)22-12-2-3-13-22/h5-8H,2-4,9-15H2,1H3,(H2,21,24)/t20-/m0/s1. The number of carbonyl (C=O) groups is 2. The van der Waals surface area contributed by atoms with Crippen LogP contribution in [0.2, 0.25) is 0 Å². The first-order chi connectivity index (χ1) is 12.5. The van der Waals surface area contributed by atoms with Gasteiger partial charge in [0.25, 0.3) is 5.91 Å². The topological polar surface area (TPSA) is 75.9 Å². The van der Waals surface area contributed by atoms with Crippen LogP contribution in [0.3, 0.4) is 0 Å². The average Bonchev–Trinajstić information content (AvgIpc) is 3.21. The Morgan fingerprint density at radius 1 is 1.12 bits per heavy atom. The van der Waals surface area contributed by atoms with Gasteiger partial charge in [0.2, 0.25) is 5.91 Å². The van der Waals surface area contributed by atoms with Gasteiger partial charge in [-0.15, -0.1) is 0 Å². The first-order valence-corrected chi connectivity index (χ1v) is 9.51. The van der Waals surface area contributed by atoms with E-state index in [0.717, 1.165) is 25.9 Å². The van der Waals surface area contributed by atoms with Gasteiger partial charge in [-0.1, -0.05) is 0 Å². The Balaban J connectivity index is 1.67. The summed E-state index contributed by atoms with van der Waals surface area (Å²) in [4.78, 5) is 28.3. The number of methoxy groups -OCH3 is 1. The van der Waals surface area contributed by atoms with Crippen molar-refractivity contribution in [3.8, 4) is 0 Å². The predicted octanol–water partition coefficient (Wildman–Crippen LogP) is 2.17. The highest BCUT2D eigenvalue weighted by Gasteiger charge is 2.37. The van der Waals surface area contributed by atoms with Gasteiger partial charge in [-0.3, -0.25) is 9.59 Å². The minimum Gasteiger partial charge on any atom is -0.376 e. The number of hydrogen-bond acceptors (Lipinski definition) is 4. The minimum absolute atomic E-state index is 0.0261. The maximum absolute atomic E-state index is 12.9. The maximum atomic E-state index is 12.9. The summed E-state index contributed by atoms with van der Waals surface area (Å²) < 4.78 is 5.72. The second-order valence-electron chi connectivity index (χ2n) is 7.42. The largest absolute Gasteiger partial charge is 0.376 e. The van der Waals surface area contributed by atoms with Crippen LogP contribution in [0.5, 0.6) is 0 Å². The van der Waals surface area contributed by atoms with Crippen LogP contribution in [0, 0.1) is 0 Å². The molecule has 0 radical (unpaired) electrons. The van der Waals surface area contributed by atoms with Gasteiger partial charge in [-0.2, -0.15) is 0 Å². The van der Waals surface area contributed by atoms with Crippen molar-refractivity contribution < 1.29 is 14.3 Å². The number of amides is 2. The summed E-state index contributed by atoms with van der Waals surface area (Å²) in [5.41, 5.74) is 6.71. The number of likely N-dealkylation sites (tertiary alicyclic amines) is 1. The lowest BCUT2D eigenvalue weighted by Gasteiger charge is -2.42. The summed E-state index contributed by atoms with van der Waals surface area (Å²) in [5, 5.41) is 0. The molecule has 0 unspecified atom stereocenters. The molecule has 2 saturated heterocycles. The fourth-order valence-electron chi connectivity index (χ4n) is 4.07. The highest BCUT2D eigenvalue weighted by atomic mass is 16.5. The van der Waals surface area contributed by atoms with Gasteiger partial charge in [0.05, 0.1) is 5.60 Å². The Labute approximate surface area is 155 Å². The van der Waals surface area contributed by atoms with Crippen LogP contribution in [0.15, 0.2) is 24.3 Å². The van der Waals surface area contributed by atoms with E-state index in [9.17, 15) is 9.59 Å². The number of nitrogens with two attached hydrogens (primary N) is 1. The normalized spacial score (nSPS) is 23.3. The van der Waals surface area contributed by atoms with Crippen molar-refractivity contribution in [2.45, 2.75) is 44.1 Å². The molecule has 0 aromatic heterocycles. The summed E-state index contributed by atoms with van der Waals surface area (Å²) in [6.07, 6.45) is 5.01. The number of ether oxygens (including phenoxy) is 1. The van der Waals surface area contributed by atoms with Gasteiger partial charge in [0.1, 0.15) is 0 Å². The van der Waals surface area contributed by atoms with Gasteiger partial charge in [0, 0.05) is 51.0 Å². The van der Waals surface area contributed by atoms with Crippen molar-refractivity contribution >= 4 is 17.5 Å². The van der Waals surface area contributed by atoms with Crippen molar-refractivity contribution in [3.05, 3.63) is 29.8 Å². The number of primary amides is 1. The molecular formula is C20H29N3O3. The van der Waals surface area contributed by atoms with E-state index in [4.69, 9.17) is 10.5 Å². The van der Waals surface area contributed by atoms with E-state index in [0.29, 0.717) is 25.1 Å². The van der Waals surface area contributed by atoms with Gasteiger partial charge >= 0.3 is 0 Å². The molecule has 26 heavy (non-hydrogen) atoms. The van der Waals surface area contributed by atoms with Gasteiger partial charge in [-0.05, 0) is 56.4 Å². The van der Waals surface area contributed by atoms with E-state index in [1.807, 2.05) is 29.2 Å². The third-order valence-electron chi connectivity index (χ3n) is 5.67. The van der Waals surface area contributed by atoms with Gasteiger partial charge in [-0.25, -0.2) is 0 Å². The molecule has 6 nitrogen and oxygen atoms in total. The van der Waals surface area contributed by atoms with Crippen LogP contribution in [-0.4, -0.2) is 55.6 Å². The van der Waals surface area contributed by atoms with Crippen LogP contribution in [0.1, 0.15) is 48.9 Å². The molecule has 1 aromatic rings. The fraction of sp³-hybridized carbons (Fsp3) is 0.600. The number of hydrogen-bond donors (Lipinski definition) is 1. The predicted molar refractivity (Wildman–Crippen MR) is 101 cm³/mol. The number of piperidine rings is 1. The lowest BCUT2D eigenvalue weighted by atomic mass is 9.87. The highest BCUT2D eigenvalue weighted by molar-refractivity contribution is 5.94. The Morgan fingerprint density at radius 3 is 2.42 bits per heavy atom. The lowest BCUT2D eigenvalue weighted by molar-refractivity contribution is -0.120. The number of benzene rings is 1. The quantitative estimate of drug-likeness (QED) is 0.845. The molecule has 1 aromatic carbocycles. The van der Waals surface area contributed by atoms with Gasteiger partial charge < -0.3 is 20.3 Å². The number of carbonyl (C=O) groups excluding carboxylic acids is 2. The molecule has 2 amide bonds. The molecule has 3 rings (SSSR count). The molecule has 0 aliphatic carbocycles. The Morgan fingerprint density at radius 2 is 1.81 bits per heavy atom. The molecule has 1 atom stereocenters. The SMILES string of the molecule is CO[C@]1(CCC(N)=O)CCCN(C(=O)c2ccc(N3CCCC3)cc2)C1. The molecule has 2 aliphatic heterocycles. The van der Waals surface area contributed by atoms with Gasteiger partial charge in [0.15, 0.2) is 0 Å². The monoisotopic (exact) mass is 359 g/mol. The zero-order valence-electron chi connectivity index (χ0n) is 15.6.